The predicted octanol–water partition coefficient (Wildman–Crippen LogP) is 7.27. The van der Waals surface area contributed by atoms with E-state index in [0.29, 0.717) is 84.9 Å². The Morgan fingerprint density at radius 3 is 2.46 bits per heavy atom. The molecule has 0 aliphatic carbocycles. The van der Waals surface area contributed by atoms with E-state index in [1.165, 1.54) is 6.07 Å². The van der Waals surface area contributed by atoms with Gasteiger partial charge in [0.2, 0.25) is 5.91 Å². The van der Waals surface area contributed by atoms with Crippen molar-refractivity contribution < 1.29 is 34.4 Å². The van der Waals surface area contributed by atoms with Gasteiger partial charge in [0.05, 0.1) is 17.5 Å². The zero-order valence-electron chi connectivity index (χ0n) is 34.3. The monoisotopic (exact) mass is 824 g/mol. The predicted molar refractivity (Wildman–Crippen MR) is 238 cm³/mol. The number of piperidine rings is 1. The molecule has 2 aliphatic rings. The highest BCUT2D eigenvalue weighted by molar-refractivity contribution is 6.06. The lowest BCUT2D eigenvalue weighted by atomic mass is 9.97. The number of aliphatic hydroxyl groups excluding tert-OH is 2. The molecule has 0 saturated carbocycles. The van der Waals surface area contributed by atoms with Crippen LogP contribution in [0.3, 0.4) is 0 Å². The highest BCUT2D eigenvalue weighted by atomic mass is 16.6. The van der Waals surface area contributed by atoms with Crippen molar-refractivity contribution in [1.29, 1.82) is 0 Å². The second-order valence-corrected chi connectivity index (χ2v) is 15.4. The normalized spacial score (nSPS) is 15.6. The maximum absolute atomic E-state index is 13.4. The number of ether oxygens (including phenoxy) is 1. The summed E-state index contributed by atoms with van der Waals surface area (Å²) in [7, 11) is 1.71. The fraction of sp³-hybridized carbons (Fsp3) is 0.271. The number of anilines is 4. The largest absolute Gasteiger partial charge is 0.506 e. The summed E-state index contributed by atoms with van der Waals surface area (Å²) in [5.41, 5.74) is 7.76. The quantitative estimate of drug-likeness (QED) is 0.0565. The van der Waals surface area contributed by atoms with Crippen molar-refractivity contribution in [2.75, 3.05) is 54.1 Å². The second kappa shape index (κ2) is 19.7. The molecule has 0 bridgehead atoms. The number of amides is 3. The Morgan fingerprint density at radius 2 is 1.67 bits per heavy atom. The van der Waals surface area contributed by atoms with Gasteiger partial charge in [0.25, 0.3) is 5.91 Å². The van der Waals surface area contributed by atoms with E-state index in [9.17, 15) is 29.7 Å². The molecule has 2 atom stereocenters. The number of phenols is 1. The second-order valence-electron chi connectivity index (χ2n) is 15.4. The first-order valence-corrected chi connectivity index (χ1v) is 20.5. The molecule has 1 fully saturated rings. The molecule has 5 aromatic rings. The molecule has 3 amide bonds. The van der Waals surface area contributed by atoms with Crippen LogP contribution < -0.4 is 26.2 Å². The van der Waals surface area contributed by atoms with Crippen molar-refractivity contribution in [2.24, 2.45) is 0 Å². The number of likely N-dealkylation sites (tertiary alicyclic amines) is 1. The fourth-order valence-electron chi connectivity index (χ4n) is 7.69. The van der Waals surface area contributed by atoms with Crippen molar-refractivity contribution in [3.8, 4) is 16.9 Å². The van der Waals surface area contributed by atoms with E-state index < -0.39 is 18.4 Å². The van der Waals surface area contributed by atoms with Crippen molar-refractivity contribution >= 4 is 46.7 Å². The third kappa shape index (κ3) is 10.8. The number of benzene rings is 5. The number of aliphatic hydroxyl groups is 2. The van der Waals surface area contributed by atoms with Crippen LogP contribution >= 0.6 is 0 Å². The van der Waals surface area contributed by atoms with Crippen LogP contribution in [0.1, 0.15) is 58.0 Å². The molecule has 1 unspecified atom stereocenters. The smallest absolute Gasteiger partial charge is 0.411 e. The molecule has 0 aromatic heterocycles. The number of nitrogens with zero attached hydrogens (tertiary/aromatic N) is 2. The topological polar surface area (TPSA) is 176 Å². The Labute approximate surface area is 355 Å². The van der Waals surface area contributed by atoms with Crippen LogP contribution in [0.25, 0.3) is 17.2 Å². The third-order valence-corrected chi connectivity index (χ3v) is 11.1. The fourth-order valence-corrected chi connectivity index (χ4v) is 7.69. The molecule has 13 nitrogen and oxygen atoms in total. The van der Waals surface area contributed by atoms with Crippen LogP contribution in [0.2, 0.25) is 0 Å². The van der Waals surface area contributed by atoms with Gasteiger partial charge in [0, 0.05) is 74.3 Å². The molecule has 316 valence electrons. The summed E-state index contributed by atoms with van der Waals surface area (Å²) >= 11 is 0. The lowest BCUT2D eigenvalue weighted by Crippen LogP contribution is -2.40. The number of para-hydroxylation sites is 1. The van der Waals surface area contributed by atoms with Crippen LogP contribution in [-0.4, -0.2) is 83.7 Å². The summed E-state index contributed by atoms with van der Waals surface area (Å²) in [6, 6.07) is 33.4. The Bertz CT molecular complexity index is 2380. The first-order chi connectivity index (χ1) is 29.5. The molecular formula is C48H52N6O7. The first-order valence-electron chi connectivity index (χ1n) is 20.5. The minimum atomic E-state index is -0.915. The molecule has 2 heterocycles. The molecule has 0 radical (unpaired) electrons. The van der Waals surface area contributed by atoms with E-state index in [-0.39, 0.29) is 30.2 Å². The summed E-state index contributed by atoms with van der Waals surface area (Å²) in [5, 5.41) is 43.0. The van der Waals surface area contributed by atoms with Gasteiger partial charge in [-0.3, -0.25) is 14.9 Å². The summed E-state index contributed by atoms with van der Waals surface area (Å²) in [4.78, 5) is 43.3. The summed E-state index contributed by atoms with van der Waals surface area (Å²) in [6.45, 7) is 4.61. The summed E-state index contributed by atoms with van der Waals surface area (Å²) in [5.74, 6) is -0.377. The number of rotatable bonds is 14. The minimum absolute atomic E-state index is 0.00522. The van der Waals surface area contributed by atoms with Crippen LogP contribution in [0, 0.1) is 6.92 Å². The molecule has 61 heavy (non-hydrogen) atoms. The lowest BCUT2D eigenvalue weighted by Gasteiger charge is -2.31. The molecule has 7 rings (SSSR count). The SMILES string of the molecule is Cc1cc(CNC[C@H](O)c2ccc(O)c3c2C=CC(O)N3)ccc1NC(=O)c1cccc(N(C)C(=O)CCN2CCC(OC(=O)Nc3ccccc3-c3ccccc3)CC2)c1. The van der Waals surface area contributed by atoms with Gasteiger partial charge in [-0.15, -0.1) is 0 Å². The molecule has 13 heteroatoms. The number of aromatic hydroxyl groups is 1. The lowest BCUT2D eigenvalue weighted by molar-refractivity contribution is -0.118. The molecule has 2 aliphatic heterocycles. The molecule has 1 saturated heterocycles. The Morgan fingerprint density at radius 1 is 0.902 bits per heavy atom. The van der Waals surface area contributed by atoms with Crippen molar-refractivity contribution in [3.05, 3.63) is 143 Å². The first kappa shape index (κ1) is 42.6. The maximum Gasteiger partial charge on any atom is 0.411 e. The zero-order valence-corrected chi connectivity index (χ0v) is 34.3. The van der Waals surface area contributed by atoms with E-state index in [2.05, 4.69) is 26.2 Å². The van der Waals surface area contributed by atoms with Gasteiger partial charge in [0.15, 0.2) is 0 Å². The number of aryl methyl sites for hydroxylation is 1. The van der Waals surface area contributed by atoms with Gasteiger partial charge in [-0.05, 0) is 84.5 Å². The standard InChI is InChI=1S/C48H52N6O7/c1-31-27-32(29-49-30-43(56)38-16-19-42(55)46-39(38)17-20-44(57)52-46)15-18-40(31)50-47(59)34-11-8-12-35(28-34)53(2)45(58)23-26-54-24-21-36(22-25-54)61-48(60)51-41-14-7-6-13-37(41)33-9-4-3-5-10-33/h3-20,27-28,36,43-44,49,52,55-57H,21-26,29-30H2,1-2H3,(H,50,59)(H,51,60)/t43-,44?/m0/s1. The van der Waals surface area contributed by atoms with Crippen LogP contribution in [0.4, 0.5) is 27.5 Å². The van der Waals surface area contributed by atoms with Gasteiger partial charge in [-0.1, -0.05) is 78.9 Å². The third-order valence-electron chi connectivity index (χ3n) is 11.1. The van der Waals surface area contributed by atoms with E-state index in [4.69, 9.17) is 4.74 Å². The van der Waals surface area contributed by atoms with Crippen molar-refractivity contribution in [3.63, 3.8) is 0 Å². The maximum atomic E-state index is 13.4. The van der Waals surface area contributed by atoms with Crippen LogP contribution in [-0.2, 0) is 16.1 Å². The molecule has 5 aromatic carbocycles. The number of fused-ring (bicyclic) bond motifs is 1. The Kier molecular flexibility index (Phi) is 13.8. The van der Waals surface area contributed by atoms with Crippen molar-refractivity contribution in [2.45, 2.75) is 51.2 Å². The minimum Gasteiger partial charge on any atom is -0.506 e. The highest BCUT2D eigenvalue weighted by Gasteiger charge is 2.25. The van der Waals surface area contributed by atoms with Crippen LogP contribution in [0.5, 0.6) is 5.75 Å². The van der Waals surface area contributed by atoms with E-state index in [0.717, 1.165) is 22.3 Å². The number of phenolic OH excluding ortho intramolecular Hbond substituents is 1. The number of carbonyl (C=O) groups excluding carboxylic acids is 3. The average molecular weight is 825 g/mol. The van der Waals surface area contributed by atoms with E-state index >= 15 is 0 Å². The molecule has 7 N–H and O–H groups in total. The summed E-state index contributed by atoms with van der Waals surface area (Å²) < 4.78 is 5.78. The van der Waals surface area contributed by atoms with Gasteiger partial charge >= 0.3 is 6.09 Å². The highest BCUT2D eigenvalue weighted by Crippen LogP contribution is 2.37. The zero-order chi connectivity index (χ0) is 42.9. The van der Waals surface area contributed by atoms with E-state index in [1.807, 2.05) is 79.7 Å². The number of hydrogen-bond donors (Lipinski definition) is 7. The van der Waals surface area contributed by atoms with Gasteiger partial charge < -0.3 is 45.8 Å². The Hall–Kier alpha value is -6.51. The summed E-state index contributed by atoms with van der Waals surface area (Å²) in [6.07, 6.45) is 2.41. The average Bonchev–Trinajstić information content (AvgIpc) is 3.27. The Balaban J connectivity index is 0.840. The van der Waals surface area contributed by atoms with Gasteiger partial charge in [-0.25, -0.2) is 4.79 Å². The van der Waals surface area contributed by atoms with Crippen LogP contribution in [0.15, 0.2) is 115 Å². The van der Waals surface area contributed by atoms with Gasteiger partial charge in [0.1, 0.15) is 18.1 Å². The molecular weight excluding hydrogens is 773 g/mol. The molecule has 0 spiro atoms. The number of nitrogens with one attached hydrogen (secondary N) is 4. The number of carbonyl (C=O) groups is 3. The van der Waals surface area contributed by atoms with Crippen molar-refractivity contribution in [1.82, 2.24) is 10.2 Å². The number of hydrogen-bond acceptors (Lipinski definition) is 10. The van der Waals surface area contributed by atoms with E-state index in [1.54, 1.807) is 54.4 Å². The van der Waals surface area contributed by atoms with Gasteiger partial charge in [-0.2, -0.15) is 0 Å².